The molecule has 0 aliphatic carbocycles. The summed E-state index contributed by atoms with van der Waals surface area (Å²) in [6.07, 6.45) is -1.08. The van der Waals surface area contributed by atoms with Gasteiger partial charge in [-0.2, -0.15) is 0 Å². The number of aliphatic hydroxyl groups excluding tert-OH is 1. The van der Waals surface area contributed by atoms with Gasteiger partial charge in [0.15, 0.2) is 0 Å². The van der Waals surface area contributed by atoms with Gasteiger partial charge in [-0.1, -0.05) is 29.8 Å². The summed E-state index contributed by atoms with van der Waals surface area (Å²) in [5.74, 6) is -0.501. The maximum atomic E-state index is 13.9. The Kier molecular flexibility index (Phi) is 3.82. The minimum atomic E-state index is -1.08. The van der Waals surface area contributed by atoms with Crippen molar-refractivity contribution in [1.82, 2.24) is 0 Å². The average Bonchev–Trinajstić information content (AvgIpc) is 2.83. The average molecular weight is 372 g/mol. The van der Waals surface area contributed by atoms with E-state index in [4.69, 9.17) is 11.6 Å². The van der Waals surface area contributed by atoms with Gasteiger partial charge in [-0.3, -0.25) is 0 Å². The number of halogens is 3. The summed E-state index contributed by atoms with van der Waals surface area (Å²) in [6, 6.07) is 10.1. The number of thiophene rings is 1. The topological polar surface area (TPSA) is 20.2 Å². The van der Waals surface area contributed by atoms with Crippen molar-refractivity contribution >= 4 is 49.0 Å². The van der Waals surface area contributed by atoms with Crippen LogP contribution in [0, 0.1) is 5.82 Å². The van der Waals surface area contributed by atoms with Gasteiger partial charge in [-0.15, -0.1) is 11.3 Å². The Morgan fingerprint density at radius 3 is 2.70 bits per heavy atom. The molecule has 20 heavy (non-hydrogen) atoms. The molecule has 1 heterocycles. The maximum absolute atomic E-state index is 13.9. The normalized spacial score (nSPS) is 12.8. The molecule has 5 heteroatoms. The third-order valence-corrected chi connectivity index (χ3v) is 5.45. The fraction of sp³-hybridized carbons (Fsp3) is 0.0667. The number of hydrogen-bond acceptors (Lipinski definition) is 2. The number of rotatable bonds is 2. The Hall–Kier alpha value is -0.940. The van der Waals surface area contributed by atoms with Crippen LogP contribution < -0.4 is 0 Å². The van der Waals surface area contributed by atoms with Crippen LogP contribution in [0.2, 0.25) is 5.02 Å². The van der Waals surface area contributed by atoms with Crippen LogP contribution in [0.5, 0.6) is 0 Å². The lowest BCUT2D eigenvalue weighted by Crippen LogP contribution is -2.02. The van der Waals surface area contributed by atoms with Gasteiger partial charge in [0.2, 0.25) is 0 Å². The van der Waals surface area contributed by atoms with E-state index < -0.39 is 11.9 Å². The Morgan fingerprint density at radius 2 is 1.95 bits per heavy atom. The minimum absolute atomic E-state index is 0.119. The van der Waals surface area contributed by atoms with E-state index in [1.165, 1.54) is 23.5 Å². The molecule has 0 radical (unpaired) electrons. The zero-order valence-corrected chi connectivity index (χ0v) is 13.3. The summed E-state index contributed by atoms with van der Waals surface area (Å²) in [7, 11) is 0. The predicted molar refractivity (Wildman–Crippen MR) is 85.0 cm³/mol. The second-order valence-corrected chi connectivity index (χ2v) is 6.49. The van der Waals surface area contributed by atoms with Gasteiger partial charge in [-0.25, -0.2) is 4.39 Å². The van der Waals surface area contributed by atoms with Gasteiger partial charge in [0.25, 0.3) is 0 Å². The van der Waals surface area contributed by atoms with Crippen LogP contribution in [0.3, 0.4) is 0 Å². The Morgan fingerprint density at radius 1 is 1.20 bits per heavy atom. The first-order chi connectivity index (χ1) is 9.59. The molecule has 1 N–H and O–H groups in total. The van der Waals surface area contributed by atoms with Crippen molar-refractivity contribution in [2.75, 3.05) is 0 Å². The van der Waals surface area contributed by atoms with E-state index in [9.17, 15) is 9.50 Å². The van der Waals surface area contributed by atoms with Gasteiger partial charge in [0.1, 0.15) is 11.9 Å². The molecule has 1 unspecified atom stereocenters. The van der Waals surface area contributed by atoms with Crippen molar-refractivity contribution in [3.05, 3.63) is 68.2 Å². The van der Waals surface area contributed by atoms with Gasteiger partial charge < -0.3 is 5.11 Å². The summed E-state index contributed by atoms with van der Waals surface area (Å²) >= 11 is 11.0. The van der Waals surface area contributed by atoms with E-state index >= 15 is 0 Å². The van der Waals surface area contributed by atoms with Crippen LogP contribution in [-0.4, -0.2) is 5.11 Å². The van der Waals surface area contributed by atoms with Gasteiger partial charge in [0.05, 0.1) is 0 Å². The van der Waals surface area contributed by atoms with Crippen molar-refractivity contribution in [3.63, 3.8) is 0 Å². The van der Waals surface area contributed by atoms with Crippen LogP contribution >= 0.6 is 38.9 Å². The number of benzene rings is 2. The Labute approximate surface area is 132 Å². The van der Waals surface area contributed by atoms with Crippen molar-refractivity contribution in [2.45, 2.75) is 6.10 Å². The zero-order chi connectivity index (χ0) is 14.3. The van der Waals surface area contributed by atoms with Crippen molar-refractivity contribution in [3.8, 4) is 0 Å². The van der Waals surface area contributed by atoms with E-state index in [2.05, 4.69) is 15.9 Å². The van der Waals surface area contributed by atoms with Crippen LogP contribution in [0.15, 0.2) is 46.3 Å². The van der Waals surface area contributed by atoms with E-state index in [-0.39, 0.29) is 10.6 Å². The molecule has 1 aromatic heterocycles. The van der Waals surface area contributed by atoms with Crippen LogP contribution in [0.1, 0.15) is 17.2 Å². The van der Waals surface area contributed by atoms with Gasteiger partial charge in [-0.05, 0) is 44.9 Å². The lowest BCUT2D eigenvalue weighted by atomic mass is 10.0. The summed E-state index contributed by atoms with van der Waals surface area (Å²) in [4.78, 5) is 0. The third-order valence-electron chi connectivity index (χ3n) is 3.15. The van der Waals surface area contributed by atoms with E-state index in [1.54, 1.807) is 6.07 Å². The third kappa shape index (κ3) is 2.27. The molecule has 0 amide bonds. The minimum Gasteiger partial charge on any atom is -0.383 e. The number of aliphatic hydroxyl groups is 1. The molecule has 0 aliphatic rings. The molecule has 0 saturated heterocycles. The number of hydrogen-bond donors (Lipinski definition) is 1. The molecule has 0 saturated carbocycles. The zero-order valence-electron chi connectivity index (χ0n) is 10.1. The lowest BCUT2D eigenvalue weighted by Gasteiger charge is -2.13. The Bertz CT molecular complexity index is 766. The second kappa shape index (κ2) is 5.45. The molecule has 0 bridgehead atoms. The fourth-order valence-electron chi connectivity index (χ4n) is 2.18. The monoisotopic (exact) mass is 370 g/mol. The largest absolute Gasteiger partial charge is 0.383 e. The van der Waals surface area contributed by atoms with Crippen LogP contribution in [-0.2, 0) is 0 Å². The van der Waals surface area contributed by atoms with Crippen molar-refractivity contribution in [2.24, 2.45) is 0 Å². The number of fused-ring (bicyclic) bond motifs is 1. The summed E-state index contributed by atoms with van der Waals surface area (Å²) in [5.41, 5.74) is 0.784. The summed E-state index contributed by atoms with van der Waals surface area (Å²) in [6.45, 7) is 0. The quantitative estimate of drug-likeness (QED) is 0.627. The second-order valence-electron chi connectivity index (χ2n) is 4.35. The standard InChI is InChI=1S/C15H9BrClFOS/c16-10-4-1-3-8-9(7-20-15(8)10)14(19)13-11(17)5-2-6-12(13)18/h1-7,14,19H. The molecule has 1 nitrogen and oxygen atoms in total. The fourth-order valence-corrected chi connectivity index (χ4v) is 4.09. The highest BCUT2D eigenvalue weighted by Crippen LogP contribution is 2.39. The van der Waals surface area contributed by atoms with E-state index in [0.717, 1.165) is 14.6 Å². The maximum Gasteiger partial charge on any atom is 0.130 e. The molecule has 0 fully saturated rings. The van der Waals surface area contributed by atoms with Crippen molar-refractivity contribution < 1.29 is 9.50 Å². The van der Waals surface area contributed by atoms with Crippen LogP contribution in [0.25, 0.3) is 10.1 Å². The lowest BCUT2D eigenvalue weighted by molar-refractivity contribution is 0.217. The smallest absolute Gasteiger partial charge is 0.130 e. The SMILES string of the molecule is OC(c1c(F)cccc1Cl)c1csc2c(Br)cccc12. The predicted octanol–water partition coefficient (Wildman–Crippen LogP) is 5.54. The molecule has 0 spiro atoms. The van der Waals surface area contributed by atoms with Gasteiger partial charge in [0, 0.05) is 25.3 Å². The highest BCUT2D eigenvalue weighted by atomic mass is 79.9. The molecule has 2 aromatic carbocycles. The van der Waals surface area contributed by atoms with Crippen molar-refractivity contribution in [1.29, 1.82) is 0 Å². The molecule has 1 atom stereocenters. The van der Waals surface area contributed by atoms with Gasteiger partial charge >= 0.3 is 0 Å². The Balaban J connectivity index is 2.18. The molecular formula is C15H9BrClFOS. The highest BCUT2D eigenvalue weighted by molar-refractivity contribution is 9.10. The molecule has 3 aromatic rings. The summed E-state index contributed by atoms with van der Waals surface area (Å²) in [5, 5.41) is 13.5. The first-order valence-electron chi connectivity index (χ1n) is 5.87. The molecule has 102 valence electrons. The molecule has 0 aliphatic heterocycles. The first kappa shape index (κ1) is 14.0. The molecule has 3 rings (SSSR count). The highest BCUT2D eigenvalue weighted by Gasteiger charge is 2.21. The molecular weight excluding hydrogens is 363 g/mol. The van der Waals surface area contributed by atoms with Crippen LogP contribution in [0.4, 0.5) is 4.39 Å². The van der Waals surface area contributed by atoms with E-state index in [0.29, 0.717) is 5.56 Å². The summed E-state index contributed by atoms with van der Waals surface area (Å²) < 4.78 is 15.9. The first-order valence-corrected chi connectivity index (χ1v) is 7.92. The van der Waals surface area contributed by atoms with E-state index in [1.807, 2.05) is 23.6 Å².